The third-order valence-corrected chi connectivity index (χ3v) is 2.54. The van der Waals surface area contributed by atoms with Gasteiger partial charge >= 0.3 is 0 Å². The van der Waals surface area contributed by atoms with Gasteiger partial charge in [0.1, 0.15) is 5.82 Å². The molecule has 2 aromatic rings. The van der Waals surface area contributed by atoms with E-state index in [1.165, 1.54) is 19.3 Å². The van der Waals surface area contributed by atoms with Crippen molar-refractivity contribution in [1.29, 1.82) is 0 Å². The van der Waals surface area contributed by atoms with Gasteiger partial charge in [0.15, 0.2) is 0 Å². The molecular formula is C13H13FN4O. The highest BCUT2D eigenvalue weighted by molar-refractivity contribution is 6.02. The molecule has 98 valence electrons. The van der Waals surface area contributed by atoms with Crippen molar-refractivity contribution in [1.82, 2.24) is 10.3 Å². The highest BCUT2D eigenvalue weighted by atomic mass is 19.1. The minimum absolute atomic E-state index is 0.279. The molecule has 0 fully saturated rings. The highest BCUT2D eigenvalue weighted by Gasteiger charge is 2.12. The molecule has 1 aromatic heterocycles. The number of pyridine rings is 1. The summed E-state index contributed by atoms with van der Waals surface area (Å²) in [6.45, 7) is 0. The second-order valence-electron chi connectivity index (χ2n) is 3.87. The van der Waals surface area contributed by atoms with Gasteiger partial charge in [-0.25, -0.2) is 4.39 Å². The van der Waals surface area contributed by atoms with Crippen LogP contribution in [-0.4, -0.2) is 17.9 Å². The number of halogens is 1. The van der Waals surface area contributed by atoms with E-state index >= 15 is 0 Å². The molecule has 1 aromatic carbocycles. The number of aromatic nitrogens is 1. The quantitative estimate of drug-likeness (QED) is 0.736. The number of rotatable bonds is 3. The average Bonchev–Trinajstić information content (AvgIpc) is 2.40. The lowest BCUT2D eigenvalue weighted by atomic mass is 10.1. The molecule has 1 amide bonds. The first-order valence-electron chi connectivity index (χ1n) is 5.60. The van der Waals surface area contributed by atoms with Crippen LogP contribution in [0.25, 0.3) is 0 Å². The zero-order valence-electron chi connectivity index (χ0n) is 10.3. The number of hydrogen-bond donors (Lipinski definition) is 3. The molecule has 0 aliphatic heterocycles. The Morgan fingerprint density at radius 1 is 1.37 bits per heavy atom. The molecule has 19 heavy (non-hydrogen) atoms. The fourth-order valence-corrected chi connectivity index (χ4v) is 1.66. The standard InChI is InChI=1S/C13H13FN4O/c1-16-13(19)10-3-2-4-11(15)12(10)18-9-5-8(14)6-17-7-9/h2-7,18H,15H2,1H3,(H,16,19). The van der Waals surface area contributed by atoms with Crippen molar-refractivity contribution in [3.05, 3.63) is 48.0 Å². The Balaban J connectivity index is 2.41. The van der Waals surface area contributed by atoms with Crippen LogP contribution in [0.2, 0.25) is 0 Å². The van der Waals surface area contributed by atoms with Crippen molar-refractivity contribution in [2.24, 2.45) is 0 Å². The molecule has 5 nitrogen and oxygen atoms in total. The van der Waals surface area contributed by atoms with Gasteiger partial charge in [-0.05, 0) is 12.1 Å². The summed E-state index contributed by atoms with van der Waals surface area (Å²) >= 11 is 0. The minimum atomic E-state index is -0.471. The van der Waals surface area contributed by atoms with Crippen molar-refractivity contribution in [2.75, 3.05) is 18.1 Å². The van der Waals surface area contributed by atoms with Crippen molar-refractivity contribution in [3.8, 4) is 0 Å². The van der Waals surface area contributed by atoms with Crippen molar-refractivity contribution < 1.29 is 9.18 Å². The molecule has 4 N–H and O–H groups in total. The number of hydrogen-bond acceptors (Lipinski definition) is 4. The van der Waals surface area contributed by atoms with Gasteiger partial charge in [0, 0.05) is 13.1 Å². The van der Waals surface area contributed by atoms with Crippen LogP contribution in [0, 0.1) is 5.82 Å². The molecule has 0 bridgehead atoms. The molecule has 0 radical (unpaired) electrons. The summed E-state index contributed by atoms with van der Waals surface area (Å²) in [6.07, 6.45) is 2.54. The number of carbonyl (C=O) groups excluding carboxylic acids is 1. The highest BCUT2D eigenvalue weighted by Crippen LogP contribution is 2.27. The Morgan fingerprint density at radius 2 is 2.16 bits per heavy atom. The summed E-state index contributed by atoms with van der Waals surface area (Å²) in [5, 5.41) is 5.43. The molecule has 0 atom stereocenters. The molecule has 2 rings (SSSR count). The summed E-state index contributed by atoms with van der Waals surface area (Å²) in [7, 11) is 1.53. The summed E-state index contributed by atoms with van der Waals surface area (Å²) in [5.41, 5.74) is 7.46. The first-order chi connectivity index (χ1) is 9.11. The van der Waals surface area contributed by atoms with E-state index in [9.17, 15) is 9.18 Å². The molecule has 0 spiro atoms. The van der Waals surface area contributed by atoms with Gasteiger partial charge in [-0.15, -0.1) is 0 Å². The number of para-hydroxylation sites is 1. The number of anilines is 3. The summed E-state index contributed by atoms with van der Waals surface area (Å²) in [6, 6.07) is 6.23. The fourth-order valence-electron chi connectivity index (χ4n) is 1.66. The number of nitrogen functional groups attached to an aromatic ring is 1. The normalized spacial score (nSPS) is 10.0. The monoisotopic (exact) mass is 260 g/mol. The van der Waals surface area contributed by atoms with Gasteiger partial charge in [0.05, 0.1) is 35.0 Å². The largest absolute Gasteiger partial charge is 0.397 e. The maximum absolute atomic E-state index is 13.1. The number of nitrogens with zero attached hydrogens (tertiary/aromatic N) is 1. The number of nitrogens with one attached hydrogen (secondary N) is 2. The molecule has 0 saturated carbocycles. The Kier molecular flexibility index (Phi) is 3.61. The second-order valence-corrected chi connectivity index (χ2v) is 3.87. The van der Waals surface area contributed by atoms with E-state index in [2.05, 4.69) is 15.6 Å². The number of amides is 1. The van der Waals surface area contributed by atoms with E-state index in [-0.39, 0.29) is 5.91 Å². The van der Waals surface area contributed by atoms with Gasteiger partial charge in [0.25, 0.3) is 5.91 Å². The molecule has 1 heterocycles. The van der Waals surface area contributed by atoms with Crippen LogP contribution in [0.3, 0.4) is 0 Å². The van der Waals surface area contributed by atoms with Crippen LogP contribution in [0.15, 0.2) is 36.7 Å². The van der Waals surface area contributed by atoms with Gasteiger partial charge in [-0.3, -0.25) is 9.78 Å². The van der Waals surface area contributed by atoms with Gasteiger partial charge in [0.2, 0.25) is 0 Å². The smallest absolute Gasteiger partial charge is 0.253 e. The molecule has 0 unspecified atom stereocenters. The third kappa shape index (κ3) is 2.79. The maximum Gasteiger partial charge on any atom is 0.253 e. The van der Waals surface area contributed by atoms with Crippen LogP contribution < -0.4 is 16.4 Å². The number of benzene rings is 1. The zero-order chi connectivity index (χ0) is 13.8. The average molecular weight is 260 g/mol. The van der Waals surface area contributed by atoms with Crippen molar-refractivity contribution >= 4 is 23.0 Å². The maximum atomic E-state index is 13.1. The lowest BCUT2D eigenvalue weighted by Crippen LogP contribution is -2.19. The summed E-state index contributed by atoms with van der Waals surface area (Å²) < 4.78 is 13.1. The zero-order valence-corrected chi connectivity index (χ0v) is 10.3. The van der Waals surface area contributed by atoms with Gasteiger partial charge < -0.3 is 16.4 Å². The van der Waals surface area contributed by atoms with E-state index < -0.39 is 5.82 Å². The van der Waals surface area contributed by atoms with Crippen LogP contribution in [0.4, 0.5) is 21.5 Å². The Morgan fingerprint density at radius 3 is 2.84 bits per heavy atom. The summed E-state index contributed by atoms with van der Waals surface area (Å²) in [5.74, 6) is -0.750. The molecular weight excluding hydrogens is 247 g/mol. The Hall–Kier alpha value is -2.63. The topological polar surface area (TPSA) is 80.0 Å². The van der Waals surface area contributed by atoms with E-state index in [1.54, 1.807) is 18.2 Å². The molecule has 6 heteroatoms. The van der Waals surface area contributed by atoms with Crippen molar-refractivity contribution in [2.45, 2.75) is 0 Å². The predicted octanol–water partition coefficient (Wildman–Crippen LogP) is 1.91. The van der Waals surface area contributed by atoms with E-state index in [4.69, 9.17) is 5.73 Å². The predicted molar refractivity (Wildman–Crippen MR) is 71.7 cm³/mol. The number of carbonyl (C=O) groups is 1. The van der Waals surface area contributed by atoms with Gasteiger partial charge in [-0.2, -0.15) is 0 Å². The fraction of sp³-hybridized carbons (Fsp3) is 0.0769. The van der Waals surface area contributed by atoms with Crippen LogP contribution in [-0.2, 0) is 0 Å². The van der Waals surface area contributed by atoms with Crippen LogP contribution in [0.1, 0.15) is 10.4 Å². The SMILES string of the molecule is CNC(=O)c1cccc(N)c1Nc1cncc(F)c1. The Labute approximate surface area is 109 Å². The minimum Gasteiger partial charge on any atom is -0.397 e. The lowest BCUT2D eigenvalue weighted by Gasteiger charge is -2.13. The first kappa shape index (κ1) is 12.8. The Bertz CT molecular complexity index is 615. The second kappa shape index (κ2) is 5.34. The van der Waals surface area contributed by atoms with Gasteiger partial charge in [-0.1, -0.05) is 6.07 Å². The summed E-state index contributed by atoms with van der Waals surface area (Å²) in [4.78, 5) is 15.5. The van der Waals surface area contributed by atoms with Crippen LogP contribution >= 0.6 is 0 Å². The molecule has 0 aliphatic rings. The van der Waals surface area contributed by atoms with Crippen molar-refractivity contribution in [3.63, 3.8) is 0 Å². The molecule has 0 saturated heterocycles. The van der Waals surface area contributed by atoms with Crippen LogP contribution in [0.5, 0.6) is 0 Å². The first-order valence-corrected chi connectivity index (χ1v) is 5.60. The third-order valence-electron chi connectivity index (χ3n) is 2.54. The number of nitrogens with two attached hydrogens (primary N) is 1. The van der Waals surface area contributed by atoms with E-state index in [0.29, 0.717) is 22.6 Å². The lowest BCUT2D eigenvalue weighted by molar-refractivity contribution is 0.0964. The molecule has 0 aliphatic carbocycles. The van der Waals surface area contributed by atoms with E-state index in [0.717, 1.165) is 6.20 Å². The van der Waals surface area contributed by atoms with E-state index in [1.807, 2.05) is 0 Å².